The third-order valence-corrected chi connectivity index (χ3v) is 2.87. The number of barbiturate groups is 1. The minimum Gasteiger partial charge on any atom is -0.326 e. The monoisotopic (exact) mass is 331 g/mol. The van der Waals surface area contributed by atoms with Crippen molar-refractivity contribution in [3.63, 3.8) is 0 Å². The maximum atomic E-state index is 11.9. The fourth-order valence-electron chi connectivity index (χ4n) is 1.84. The molecule has 1 aliphatic heterocycles. The molecule has 0 radical (unpaired) electrons. The lowest BCUT2D eigenvalue weighted by atomic mass is 10.1. The fraction of sp³-hybridized carbons (Fsp3) is 0.143. The summed E-state index contributed by atoms with van der Waals surface area (Å²) in [5.74, 6) is -3.89. The first-order valence-corrected chi connectivity index (χ1v) is 6.73. The van der Waals surface area contributed by atoms with Crippen molar-refractivity contribution in [1.82, 2.24) is 16.1 Å². The van der Waals surface area contributed by atoms with Crippen LogP contribution in [0.4, 0.5) is 10.5 Å². The van der Waals surface area contributed by atoms with Crippen LogP contribution in [0.1, 0.15) is 17.3 Å². The van der Waals surface area contributed by atoms with Gasteiger partial charge < -0.3 is 5.32 Å². The number of carbonyl (C=O) groups is 5. The number of imide groups is 2. The topological polar surface area (TPSA) is 146 Å². The molecule has 0 saturated carbocycles. The van der Waals surface area contributed by atoms with E-state index in [0.29, 0.717) is 5.69 Å². The molecule has 1 aromatic rings. The molecule has 10 heteroatoms. The van der Waals surface area contributed by atoms with Crippen molar-refractivity contribution in [2.75, 3.05) is 5.32 Å². The maximum Gasteiger partial charge on any atom is 0.328 e. The van der Waals surface area contributed by atoms with Crippen LogP contribution in [0.15, 0.2) is 29.4 Å². The van der Waals surface area contributed by atoms with Gasteiger partial charge >= 0.3 is 6.03 Å². The van der Waals surface area contributed by atoms with E-state index in [9.17, 15) is 24.0 Å². The Labute approximate surface area is 135 Å². The van der Waals surface area contributed by atoms with Gasteiger partial charge in [-0.3, -0.25) is 29.8 Å². The molecular weight excluding hydrogens is 318 g/mol. The zero-order valence-electron chi connectivity index (χ0n) is 12.5. The molecule has 0 atom stereocenters. The second-order valence-electron chi connectivity index (χ2n) is 4.77. The van der Waals surface area contributed by atoms with Gasteiger partial charge in [0.15, 0.2) is 5.92 Å². The number of anilines is 1. The van der Waals surface area contributed by atoms with Crippen LogP contribution >= 0.6 is 0 Å². The summed E-state index contributed by atoms with van der Waals surface area (Å²) < 4.78 is 0. The Morgan fingerprint density at radius 1 is 1.17 bits per heavy atom. The Morgan fingerprint density at radius 3 is 2.46 bits per heavy atom. The average Bonchev–Trinajstić information content (AvgIpc) is 2.49. The summed E-state index contributed by atoms with van der Waals surface area (Å²) in [5, 5.41) is 9.87. The van der Waals surface area contributed by atoms with Crippen molar-refractivity contribution in [2.45, 2.75) is 6.92 Å². The second-order valence-corrected chi connectivity index (χ2v) is 4.77. The van der Waals surface area contributed by atoms with Gasteiger partial charge in [0.25, 0.3) is 5.91 Å². The number of hydrazone groups is 1. The molecule has 24 heavy (non-hydrogen) atoms. The van der Waals surface area contributed by atoms with Crippen LogP contribution in [0.25, 0.3) is 0 Å². The van der Waals surface area contributed by atoms with E-state index in [0.717, 1.165) is 6.21 Å². The zero-order valence-corrected chi connectivity index (χ0v) is 12.5. The van der Waals surface area contributed by atoms with E-state index in [1.165, 1.54) is 19.1 Å². The van der Waals surface area contributed by atoms with Gasteiger partial charge in [-0.2, -0.15) is 5.10 Å². The number of urea groups is 1. The molecule has 1 saturated heterocycles. The number of nitrogens with zero attached hydrogens (tertiary/aromatic N) is 1. The summed E-state index contributed by atoms with van der Waals surface area (Å²) in [6.07, 6.45) is 0.909. The van der Waals surface area contributed by atoms with Gasteiger partial charge in [0.2, 0.25) is 17.7 Å². The first kappa shape index (κ1) is 16.8. The first-order chi connectivity index (χ1) is 11.4. The van der Waals surface area contributed by atoms with E-state index >= 15 is 0 Å². The SMILES string of the molecule is CC(=O)Nc1cccc(C(=O)N/N=C/C2C(=O)NC(=O)NC2=O)c1. The molecule has 0 aliphatic carbocycles. The predicted octanol–water partition coefficient (Wildman–Crippen LogP) is -0.657. The highest BCUT2D eigenvalue weighted by molar-refractivity contribution is 6.23. The summed E-state index contributed by atoms with van der Waals surface area (Å²) >= 11 is 0. The summed E-state index contributed by atoms with van der Waals surface area (Å²) in [5.41, 5.74) is 2.80. The molecule has 1 aliphatic rings. The summed E-state index contributed by atoms with van der Waals surface area (Å²) in [7, 11) is 0. The van der Waals surface area contributed by atoms with Crippen LogP contribution in [-0.4, -0.2) is 35.9 Å². The van der Waals surface area contributed by atoms with E-state index in [4.69, 9.17) is 0 Å². The third kappa shape index (κ3) is 4.22. The average molecular weight is 331 g/mol. The largest absolute Gasteiger partial charge is 0.328 e. The molecule has 1 fully saturated rings. The van der Waals surface area contributed by atoms with Crippen LogP contribution in [-0.2, 0) is 14.4 Å². The highest BCUT2D eigenvalue weighted by Gasteiger charge is 2.32. The lowest BCUT2D eigenvalue weighted by Crippen LogP contribution is -2.56. The van der Waals surface area contributed by atoms with Gasteiger partial charge in [-0.1, -0.05) is 6.07 Å². The minimum atomic E-state index is -1.33. The van der Waals surface area contributed by atoms with E-state index in [2.05, 4.69) is 15.8 Å². The standard InChI is InChI=1S/C14H13N5O5/c1-7(20)16-9-4-2-3-8(5-9)11(21)19-15-6-10-12(22)17-14(24)18-13(10)23/h2-6,10H,1H3,(H,16,20)(H,19,21)(H2,17,18,22,23,24)/b15-6+. The molecule has 0 unspecified atom stereocenters. The van der Waals surface area contributed by atoms with Gasteiger partial charge in [-0.15, -0.1) is 0 Å². The van der Waals surface area contributed by atoms with Gasteiger partial charge in [0.1, 0.15) is 0 Å². The lowest BCUT2D eigenvalue weighted by molar-refractivity contribution is -0.132. The van der Waals surface area contributed by atoms with Crippen LogP contribution in [0.3, 0.4) is 0 Å². The van der Waals surface area contributed by atoms with Crippen LogP contribution < -0.4 is 21.4 Å². The molecule has 1 aromatic carbocycles. The molecule has 0 aromatic heterocycles. The van der Waals surface area contributed by atoms with E-state index in [1.807, 2.05) is 10.6 Å². The molecular formula is C14H13N5O5. The number of rotatable bonds is 4. The van der Waals surface area contributed by atoms with E-state index < -0.39 is 29.7 Å². The van der Waals surface area contributed by atoms with E-state index in [-0.39, 0.29) is 11.5 Å². The van der Waals surface area contributed by atoms with Gasteiger partial charge in [0, 0.05) is 24.4 Å². The van der Waals surface area contributed by atoms with Crippen molar-refractivity contribution >= 4 is 41.6 Å². The molecule has 6 amide bonds. The maximum absolute atomic E-state index is 11.9. The van der Waals surface area contributed by atoms with Gasteiger partial charge in [0.05, 0.1) is 0 Å². The van der Waals surface area contributed by atoms with Crippen LogP contribution in [0.2, 0.25) is 0 Å². The number of nitrogens with one attached hydrogen (secondary N) is 4. The Balaban J connectivity index is 2.00. The number of hydrogen-bond donors (Lipinski definition) is 4. The number of hydrogen-bond acceptors (Lipinski definition) is 6. The van der Waals surface area contributed by atoms with Gasteiger partial charge in [-0.25, -0.2) is 10.2 Å². The Morgan fingerprint density at radius 2 is 1.83 bits per heavy atom. The summed E-state index contributed by atoms with van der Waals surface area (Å²) in [6, 6.07) is 5.19. The molecule has 124 valence electrons. The van der Waals surface area contributed by atoms with Crippen molar-refractivity contribution < 1.29 is 24.0 Å². The smallest absolute Gasteiger partial charge is 0.326 e. The predicted molar refractivity (Wildman–Crippen MR) is 81.9 cm³/mol. The first-order valence-electron chi connectivity index (χ1n) is 6.73. The van der Waals surface area contributed by atoms with Crippen molar-refractivity contribution in [3.8, 4) is 0 Å². The molecule has 0 bridgehead atoms. The quantitative estimate of drug-likeness (QED) is 0.329. The number of carbonyl (C=O) groups excluding carboxylic acids is 5. The normalized spacial score (nSPS) is 15.0. The van der Waals surface area contributed by atoms with E-state index in [1.54, 1.807) is 12.1 Å². The van der Waals surface area contributed by atoms with Gasteiger partial charge in [-0.05, 0) is 18.2 Å². The second kappa shape index (κ2) is 7.13. The molecule has 10 nitrogen and oxygen atoms in total. The highest BCUT2D eigenvalue weighted by atomic mass is 16.2. The zero-order chi connectivity index (χ0) is 17.7. The molecule has 2 rings (SSSR count). The lowest BCUT2D eigenvalue weighted by Gasteiger charge is -2.16. The van der Waals surface area contributed by atoms with Crippen molar-refractivity contribution in [1.29, 1.82) is 0 Å². The Hall–Kier alpha value is -3.56. The summed E-state index contributed by atoms with van der Waals surface area (Å²) in [6.45, 7) is 1.34. The molecule has 4 N–H and O–H groups in total. The molecule has 0 spiro atoms. The van der Waals surface area contributed by atoms with Crippen LogP contribution in [0.5, 0.6) is 0 Å². The Bertz CT molecular complexity index is 738. The van der Waals surface area contributed by atoms with Crippen LogP contribution in [0, 0.1) is 5.92 Å². The number of amides is 6. The molecule has 1 heterocycles. The minimum absolute atomic E-state index is 0.214. The number of benzene rings is 1. The highest BCUT2D eigenvalue weighted by Crippen LogP contribution is 2.10. The Kier molecular flexibility index (Phi) is 5.00. The summed E-state index contributed by atoms with van der Waals surface area (Å²) in [4.78, 5) is 56.8. The van der Waals surface area contributed by atoms with Crippen molar-refractivity contribution in [3.05, 3.63) is 29.8 Å². The van der Waals surface area contributed by atoms with Crippen molar-refractivity contribution in [2.24, 2.45) is 11.0 Å². The third-order valence-electron chi connectivity index (χ3n) is 2.87. The fourth-order valence-corrected chi connectivity index (χ4v) is 1.84.